The fourth-order valence-electron chi connectivity index (χ4n) is 4.01. The number of carbonyl (C=O) groups is 2. The zero-order valence-electron chi connectivity index (χ0n) is 17.5. The summed E-state index contributed by atoms with van der Waals surface area (Å²) in [6.07, 6.45) is 6.05. The number of likely N-dealkylation sites (tertiary alicyclic amines) is 1. The molecule has 1 fully saturated rings. The number of carboxylic acid groups (broad SMARTS) is 1. The van der Waals surface area contributed by atoms with E-state index < -0.39 is 5.97 Å². The fourth-order valence-corrected chi connectivity index (χ4v) is 4.01. The second kappa shape index (κ2) is 10.7. The Morgan fingerprint density at radius 1 is 1.10 bits per heavy atom. The van der Waals surface area contributed by atoms with Crippen molar-refractivity contribution in [2.24, 2.45) is 0 Å². The predicted molar refractivity (Wildman–Crippen MR) is 120 cm³/mol. The highest BCUT2D eigenvalue weighted by atomic mass is 16.4. The number of amides is 1. The maximum Gasteiger partial charge on any atom is 0.328 e. The lowest BCUT2D eigenvalue weighted by molar-refractivity contribution is -0.131. The van der Waals surface area contributed by atoms with Crippen LogP contribution in [0.25, 0.3) is 6.08 Å². The Balaban J connectivity index is 1.65. The van der Waals surface area contributed by atoms with Crippen molar-refractivity contribution in [1.29, 1.82) is 0 Å². The van der Waals surface area contributed by atoms with E-state index in [0.717, 1.165) is 56.2 Å². The number of benzene rings is 2. The Bertz CT molecular complexity index is 871. The highest BCUT2D eigenvalue weighted by Crippen LogP contribution is 2.26. The highest BCUT2D eigenvalue weighted by molar-refractivity contribution is 5.94. The van der Waals surface area contributed by atoms with Gasteiger partial charge in [0.05, 0.1) is 0 Å². The summed E-state index contributed by atoms with van der Waals surface area (Å²) in [7, 11) is 0. The molecule has 2 aromatic carbocycles. The van der Waals surface area contributed by atoms with Crippen molar-refractivity contribution in [2.45, 2.75) is 38.6 Å². The summed E-state index contributed by atoms with van der Waals surface area (Å²) in [6, 6.07) is 18.3. The van der Waals surface area contributed by atoms with Crippen LogP contribution in [0.15, 0.2) is 60.7 Å². The molecule has 30 heavy (non-hydrogen) atoms. The predicted octanol–water partition coefficient (Wildman–Crippen LogP) is 4.23. The van der Waals surface area contributed by atoms with Crippen LogP contribution in [0.3, 0.4) is 0 Å². The van der Waals surface area contributed by atoms with E-state index in [2.05, 4.69) is 29.2 Å². The summed E-state index contributed by atoms with van der Waals surface area (Å²) in [5.74, 6) is -0.873. The summed E-state index contributed by atoms with van der Waals surface area (Å²) in [4.78, 5) is 28.0. The molecule has 0 unspecified atom stereocenters. The lowest BCUT2D eigenvalue weighted by atomic mass is 10.0. The zero-order valence-corrected chi connectivity index (χ0v) is 17.5. The molecule has 158 valence electrons. The molecule has 5 nitrogen and oxygen atoms in total. The zero-order chi connectivity index (χ0) is 21.3. The molecule has 0 bridgehead atoms. The van der Waals surface area contributed by atoms with E-state index in [1.165, 1.54) is 5.56 Å². The van der Waals surface area contributed by atoms with Crippen molar-refractivity contribution >= 4 is 23.6 Å². The van der Waals surface area contributed by atoms with Crippen LogP contribution in [0.2, 0.25) is 0 Å². The van der Waals surface area contributed by atoms with Crippen molar-refractivity contribution in [3.8, 4) is 0 Å². The number of hydrogen-bond acceptors (Lipinski definition) is 3. The number of carbonyl (C=O) groups excluding carboxylic acids is 1. The van der Waals surface area contributed by atoms with Crippen LogP contribution in [-0.4, -0.2) is 47.6 Å². The van der Waals surface area contributed by atoms with Crippen LogP contribution in [0.4, 0.5) is 5.69 Å². The molecular weight excluding hydrogens is 376 g/mol. The molecular formula is C25H30N2O3. The molecule has 1 amide bonds. The SMILES string of the molecule is CCC(=O)N(c1cccc(/C=C/C(=O)O)c1)C1CCN(CCc2ccccc2)CC1. The second-order valence-corrected chi connectivity index (χ2v) is 7.69. The first kappa shape index (κ1) is 21.8. The van der Waals surface area contributed by atoms with Crippen LogP contribution in [0.1, 0.15) is 37.3 Å². The van der Waals surface area contributed by atoms with E-state index in [0.29, 0.717) is 6.42 Å². The van der Waals surface area contributed by atoms with Crippen LogP contribution in [0, 0.1) is 0 Å². The standard InChI is InChI=1S/C25H30N2O3/c1-2-24(28)27(23-10-6-9-21(19-23)11-12-25(29)30)22-14-17-26(18-15-22)16-13-20-7-4-3-5-8-20/h3-12,19,22H,2,13-18H2,1H3,(H,29,30)/b12-11+. The van der Waals surface area contributed by atoms with E-state index in [1.54, 1.807) is 6.08 Å². The van der Waals surface area contributed by atoms with Gasteiger partial charge in [-0.3, -0.25) is 4.79 Å². The van der Waals surface area contributed by atoms with Gasteiger partial charge in [0.15, 0.2) is 0 Å². The third-order valence-corrected chi connectivity index (χ3v) is 5.62. The number of nitrogens with zero attached hydrogens (tertiary/aromatic N) is 2. The summed E-state index contributed by atoms with van der Waals surface area (Å²) in [5, 5.41) is 8.87. The molecule has 0 spiro atoms. The Hall–Kier alpha value is -2.92. The van der Waals surface area contributed by atoms with Crippen LogP contribution < -0.4 is 4.90 Å². The van der Waals surface area contributed by atoms with Gasteiger partial charge in [-0.1, -0.05) is 49.4 Å². The van der Waals surface area contributed by atoms with Crippen molar-refractivity contribution < 1.29 is 14.7 Å². The molecule has 1 aliphatic heterocycles. The minimum Gasteiger partial charge on any atom is -0.478 e. The molecule has 1 saturated heterocycles. The Labute approximate surface area is 178 Å². The van der Waals surface area contributed by atoms with Crippen LogP contribution >= 0.6 is 0 Å². The maximum atomic E-state index is 12.8. The normalized spacial score (nSPS) is 15.4. The number of hydrogen-bond donors (Lipinski definition) is 1. The van der Waals surface area contributed by atoms with Gasteiger partial charge in [0.25, 0.3) is 0 Å². The average Bonchev–Trinajstić information content (AvgIpc) is 2.78. The number of anilines is 1. The van der Waals surface area contributed by atoms with Gasteiger partial charge in [-0.2, -0.15) is 0 Å². The summed E-state index contributed by atoms with van der Waals surface area (Å²) < 4.78 is 0. The molecule has 0 saturated carbocycles. The van der Waals surface area contributed by atoms with Gasteiger partial charge >= 0.3 is 5.97 Å². The Morgan fingerprint density at radius 2 is 1.83 bits per heavy atom. The first-order valence-corrected chi connectivity index (χ1v) is 10.7. The third-order valence-electron chi connectivity index (χ3n) is 5.62. The van der Waals surface area contributed by atoms with Gasteiger partial charge in [-0.05, 0) is 48.6 Å². The largest absolute Gasteiger partial charge is 0.478 e. The number of aliphatic carboxylic acids is 1. The Morgan fingerprint density at radius 3 is 2.50 bits per heavy atom. The van der Waals surface area contributed by atoms with Gasteiger partial charge in [0, 0.05) is 43.9 Å². The van der Waals surface area contributed by atoms with Crippen LogP contribution in [-0.2, 0) is 16.0 Å². The molecule has 3 rings (SSSR count). The van der Waals surface area contributed by atoms with E-state index in [9.17, 15) is 9.59 Å². The van der Waals surface area contributed by atoms with E-state index >= 15 is 0 Å². The lowest BCUT2D eigenvalue weighted by Gasteiger charge is -2.38. The second-order valence-electron chi connectivity index (χ2n) is 7.69. The van der Waals surface area contributed by atoms with Gasteiger partial charge < -0.3 is 14.9 Å². The molecule has 0 radical (unpaired) electrons. The minimum atomic E-state index is -0.982. The number of carboxylic acids is 1. The van der Waals surface area contributed by atoms with Gasteiger partial charge in [0.2, 0.25) is 5.91 Å². The molecule has 0 aromatic heterocycles. The highest BCUT2D eigenvalue weighted by Gasteiger charge is 2.28. The Kier molecular flexibility index (Phi) is 7.80. The molecule has 2 aromatic rings. The fraction of sp³-hybridized carbons (Fsp3) is 0.360. The minimum absolute atomic E-state index is 0.108. The van der Waals surface area contributed by atoms with E-state index in [4.69, 9.17) is 5.11 Å². The number of piperidine rings is 1. The van der Waals surface area contributed by atoms with Gasteiger partial charge in [-0.25, -0.2) is 4.79 Å². The lowest BCUT2D eigenvalue weighted by Crippen LogP contribution is -2.48. The average molecular weight is 407 g/mol. The molecule has 1 aliphatic rings. The monoisotopic (exact) mass is 406 g/mol. The van der Waals surface area contributed by atoms with E-state index in [-0.39, 0.29) is 11.9 Å². The molecule has 1 heterocycles. The topological polar surface area (TPSA) is 60.9 Å². The molecule has 1 N–H and O–H groups in total. The summed E-state index contributed by atoms with van der Waals surface area (Å²) >= 11 is 0. The number of rotatable bonds is 8. The van der Waals surface area contributed by atoms with Crippen molar-refractivity contribution in [2.75, 3.05) is 24.5 Å². The summed E-state index contributed by atoms with van der Waals surface area (Å²) in [5.41, 5.74) is 2.98. The first-order valence-electron chi connectivity index (χ1n) is 10.7. The summed E-state index contributed by atoms with van der Waals surface area (Å²) in [6.45, 7) is 4.87. The van der Waals surface area contributed by atoms with Crippen molar-refractivity contribution in [1.82, 2.24) is 4.90 Å². The smallest absolute Gasteiger partial charge is 0.328 e. The molecule has 0 aliphatic carbocycles. The van der Waals surface area contributed by atoms with Gasteiger partial charge in [-0.15, -0.1) is 0 Å². The molecule has 0 atom stereocenters. The third kappa shape index (κ3) is 6.04. The van der Waals surface area contributed by atoms with Crippen molar-refractivity contribution in [3.05, 3.63) is 71.8 Å². The first-order chi connectivity index (χ1) is 14.6. The maximum absolute atomic E-state index is 12.8. The quantitative estimate of drug-likeness (QED) is 0.667. The van der Waals surface area contributed by atoms with E-state index in [1.807, 2.05) is 42.2 Å². The van der Waals surface area contributed by atoms with Gasteiger partial charge in [0.1, 0.15) is 0 Å². The van der Waals surface area contributed by atoms with Crippen LogP contribution in [0.5, 0.6) is 0 Å². The van der Waals surface area contributed by atoms with Crippen molar-refractivity contribution in [3.63, 3.8) is 0 Å². The molecule has 5 heteroatoms.